The maximum absolute atomic E-state index is 5.79. The number of hydrogen-bond acceptors (Lipinski definition) is 5. The minimum Gasteiger partial charge on any atom is -0.497 e. The number of fused-ring (bicyclic) bond motifs is 1. The molecule has 0 aliphatic rings. The van der Waals surface area contributed by atoms with E-state index in [-0.39, 0.29) is 0 Å². The Morgan fingerprint density at radius 2 is 1.96 bits per heavy atom. The van der Waals surface area contributed by atoms with Gasteiger partial charge in [0.05, 0.1) is 13.7 Å². The molecule has 0 amide bonds. The molecule has 0 spiro atoms. The van der Waals surface area contributed by atoms with Crippen LogP contribution in [0.15, 0.2) is 57.4 Å². The van der Waals surface area contributed by atoms with E-state index >= 15 is 0 Å². The van der Waals surface area contributed by atoms with E-state index in [4.69, 9.17) is 9.15 Å². The average molecular weight is 385 g/mol. The normalized spacial score (nSPS) is 11.1. The van der Waals surface area contributed by atoms with Crippen LogP contribution in [-0.2, 0) is 6.54 Å². The van der Waals surface area contributed by atoms with Crippen LogP contribution in [0.2, 0.25) is 0 Å². The number of methoxy groups -OCH3 is 1. The van der Waals surface area contributed by atoms with Gasteiger partial charge >= 0.3 is 0 Å². The van der Waals surface area contributed by atoms with Crippen LogP contribution in [0.1, 0.15) is 5.56 Å². The second kappa shape index (κ2) is 6.09. The Labute approximate surface area is 146 Å². The van der Waals surface area contributed by atoms with Crippen LogP contribution >= 0.6 is 15.9 Å². The van der Waals surface area contributed by atoms with E-state index in [1.54, 1.807) is 11.9 Å². The monoisotopic (exact) mass is 384 g/mol. The summed E-state index contributed by atoms with van der Waals surface area (Å²) in [5.74, 6) is 1.89. The molecule has 0 saturated carbocycles. The Morgan fingerprint density at radius 1 is 1.12 bits per heavy atom. The zero-order valence-electron chi connectivity index (χ0n) is 12.8. The first-order chi connectivity index (χ1) is 11.7. The summed E-state index contributed by atoms with van der Waals surface area (Å²) in [7, 11) is 1.64. The Hall–Kier alpha value is -2.67. The lowest BCUT2D eigenvalue weighted by Crippen LogP contribution is -2.03. The van der Waals surface area contributed by atoms with Crippen molar-refractivity contribution in [3.8, 4) is 17.3 Å². The topological polar surface area (TPSA) is 66.0 Å². The Kier molecular flexibility index (Phi) is 3.78. The Morgan fingerprint density at radius 3 is 2.75 bits per heavy atom. The number of halogens is 1. The van der Waals surface area contributed by atoms with E-state index in [1.807, 2.05) is 48.5 Å². The van der Waals surface area contributed by atoms with Crippen molar-refractivity contribution in [2.75, 3.05) is 7.11 Å². The highest BCUT2D eigenvalue weighted by atomic mass is 79.9. The van der Waals surface area contributed by atoms with Crippen LogP contribution in [0.4, 0.5) is 0 Å². The number of hydrogen-bond donors (Lipinski definition) is 0. The maximum Gasteiger partial charge on any atom is 0.240 e. The van der Waals surface area contributed by atoms with E-state index in [0.717, 1.165) is 26.8 Å². The Bertz CT molecular complexity index is 991. The van der Waals surface area contributed by atoms with Gasteiger partial charge in [-0.25, -0.2) is 0 Å². The molecule has 4 aromatic rings. The van der Waals surface area contributed by atoms with Gasteiger partial charge in [-0.15, -0.1) is 10.2 Å². The van der Waals surface area contributed by atoms with Crippen LogP contribution in [-0.4, -0.2) is 27.3 Å². The molecule has 0 aliphatic carbocycles. The molecule has 0 N–H and O–H groups in total. The zero-order valence-corrected chi connectivity index (χ0v) is 14.4. The van der Waals surface area contributed by atoms with Crippen molar-refractivity contribution in [2.24, 2.45) is 0 Å². The number of rotatable bonds is 4. The molecule has 2 aromatic carbocycles. The number of ether oxygens (including phenoxy) is 1. The fourth-order valence-corrected chi connectivity index (χ4v) is 2.81. The fourth-order valence-electron chi connectivity index (χ4n) is 2.43. The molecule has 0 radical (unpaired) electrons. The second-order valence-electron chi connectivity index (χ2n) is 5.28. The molecule has 6 nitrogen and oxygen atoms in total. The van der Waals surface area contributed by atoms with Crippen molar-refractivity contribution in [3.63, 3.8) is 0 Å². The first-order valence-electron chi connectivity index (χ1n) is 7.31. The van der Waals surface area contributed by atoms with Gasteiger partial charge in [-0.05, 0) is 47.2 Å². The lowest BCUT2D eigenvalue weighted by atomic mass is 10.2. The lowest BCUT2D eigenvalue weighted by Gasteiger charge is -2.01. The largest absolute Gasteiger partial charge is 0.497 e. The summed E-state index contributed by atoms with van der Waals surface area (Å²) in [6.07, 6.45) is 0. The molecule has 4 rings (SSSR count). The molecule has 0 atom stereocenters. The van der Waals surface area contributed by atoms with Crippen LogP contribution in [0.25, 0.3) is 22.6 Å². The second-order valence-corrected chi connectivity index (χ2v) is 6.20. The third kappa shape index (κ3) is 2.90. The quantitative estimate of drug-likeness (QED) is 0.533. The summed E-state index contributed by atoms with van der Waals surface area (Å²) < 4.78 is 11.9. The smallest absolute Gasteiger partial charge is 0.240 e. The number of tetrazole rings is 1. The van der Waals surface area contributed by atoms with Crippen molar-refractivity contribution in [2.45, 2.75) is 6.54 Å². The molecule has 0 fully saturated rings. The fraction of sp³-hybridized carbons (Fsp3) is 0.118. The van der Waals surface area contributed by atoms with Gasteiger partial charge in [-0.2, -0.15) is 4.80 Å². The third-order valence-electron chi connectivity index (χ3n) is 3.63. The van der Waals surface area contributed by atoms with Crippen molar-refractivity contribution >= 4 is 26.9 Å². The molecule has 7 heteroatoms. The molecule has 0 saturated heterocycles. The van der Waals surface area contributed by atoms with Gasteiger partial charge in [-0.3, -0.25) is 0 Å². The molecule has 0 unspecified atom stereocenters. The van der Waals surface area contributed by atoms with Crippen molar-refractivity contribution in [1.82, 2.24) is 20.2 Å². The van der Waals surface area contributed by atoms with Crippen molar-refractivity contribution in [3.05, 3.63) is 58.6 Å². The molecule has 24 heavy (non-hydrogen) atoms. The number of aromatic nitrogens is 4. The van der Waals surface area contributed by atoms with Crippen LogP contribution in [0.3, 0.4) is 0 Å². The summed E-state index contributed by atoms with van der Waals surface area (Å²) in [6.45, 7) is 0.531. The molecular formula is C17H13BrN4O2. The van der Waals surface area contributed by atoms with Gasteiger partial charge in [0.1, 0.15) is 11.3 Å². The predicted octanol–water partition coefficient (Wildman–Crippen LogP) is 3.91. The number of furan rings is 1. The van der Waals surface area contributed by atoms with Gasteiger partial charge in [0.2, 0.25) is 5.82 Å². The number of nitrogens with zero attached hydrogens (tertiary/aromatic N) is 4. The molecule has 120 valence electrons. The van der Waals surface area contributed by atoms with Crippen LogP contribution < -0.4 is 4.74 Å². The summed E-state index contributed by atoms with van der Waals surface area (Å²) >= 11 is 3.45. The highest BCUT2D eigenvalue weighted by Crippen LogP contribution is 2.27. The first-order valence-corrected chi connectivity index (χ1v) is 8.11. The third-order valence-corrected chi connectivity index (χ3v) is 4.13. The van der Waals surface area contributed by atoms with Gasteiger partial charge < -0.3 is 9.15 Å². The summed E-state index contributed by atoms with van der Waals surface area (Å²) in [5, 5.41) is 13.6. The average Bonchev–Trinajstić information content (AvgIpc) is 3.21. The van der Waals surface area contributed by atoms with E-state index in [9.17, 15) is 0 Å². The highest BCUT2D eigenvalue weighted by molar-refractivity contribution is 9.10. The minimum atomic E-state index is 0.468. The lowest BCUT2D eigenvalue weighted by molar-refractivity contribution is 0.414. The molecule has 2 heterocycles. The summed E-state index contributed by atoms with van der Waals surface area (Å²) in [5.41, 5.74) is 1.85. The molecule has 0 bridgehead atoms. The van der Waals surface area contributed by atoms with E-state index in [1.165, 1.54) is 0 Å². The first kappa shape index (κ1) is 14.9. The van der Waals surface area contributed by atoms with Crippen molar-refractivity contribution in [1.29, 1.82) is 0 Å². The standard InChI is InChI=1S/C17H13BrN4O2/c1-23-14-5-2-11(3-6-14)10-22-20-17(19-21-22)16-9-12-8-13(18)4-7-15(12)24-16/h2-9H,10H2,1H3. The van der Waals surface area contributed by atoms with E-state index < -0.39 is 0 Å². The van der Waals surface area contributed by atoms with Gasteiger partial charge in [0.15, 0.2) is 5.76 Å². The van der Waals surface area contributed by atoms with Gasteiger partial charge in [0.25, 0.3) is 0 Å². The SMILES string of the molecule is COc1ccc(Cn2nnc(-c3cc4cc(Br)ccc4o3)n2)cc1. The minimum absolute atomic E-state index is 0.468. The maximum atomic E-state index is 5.79. The van der Waals surface area contributed by atoms with Crippen molar-refractivity contribution < 1.29 is 9.15 Å². The Balaban J connectivity index is 1.58. The molecule has 2 aromatic heterocycles. The zero-order chi connectivity index (χ0) is 16.5. The van der Waals surface area contributed by atoms with Gasteiger partial charge in [0, 0.05) is 9.86 Å². The summed E-state index contributed by atoms with van der Waals surface area (Å²) in [6, 6.07) is 15.5. The molecule has 0 aliphatic heterocycles. The van der Waals surface area contributed by atoms with E-state index in [0.29, 0.717) is 18.1 Å². The number of benzene rings is 2. The predicted molar refractivity (Wildman–Crippen MR) is 92.8 cm³/mol. The summed E-state index contributed by atoms with van der Waals surface area (Å²) in [4.78, 5) is 1.54. The highest BCUT2D eigenvalue weighted by Gasteiger charge is 2.12. The van der Waals surface area contributed by atoms with E-state index in [2.05, 4.69) is 31.3 Å². The van der Waals surface area contributed by atoms with Gasteiger partial charge in [-0.1, -0.05) is 28.1 Å². The van der Waals surface area contributed by atoms with Crippen LogP contribution in [0, 0.1) is 0 Å². The van der Waals surface area contributed by atoms with Crippen LogP contribution in [0.5, 0.6) is 5.75 Å². The molecular weight excluding hydrogens is 372 g/mol.